The topological polar surface area (TPSA) is 30.5 Å². The first kappa shape index (κ1) is 10.9. The zero-order valence-electron chi connectivity index (χ0n) is 10.3. The first-order chi connectivity index (χ1) is 8.34. The standard InChI is InChI=1S/C14H19NO2/c1-10-2-3-13-14(17-9-16-13)12(10)8-11-4-6-15-7-5-11/h2-3,11,15H,4-9H2,1H3. The fourth-order valence-electron chi connectivity index (χ4n) is 2.76. The quantitative estimate of drug-likeness (QED) is 0.850. The van der Waals surface area contributed by atoms with E-state index in [4.69, 9.17) is 9.47 Å². The van der Waals surface area contributed by atoms with Crippen molar-refractivity contribution in [1.29, 1.82) is 0 Å². The van der Waals surface area contributed by atoms with Gasteiger partial charge in [-0.2, -0.15) is 0 Å². The van der Waals surface area contributed by atoms with Gasteiger partial charge in [-0.05, 0) is 56.8 Å². The van der Waals surface area contributed by atoms with Crippen molar-refractivity contribution >= 4 is 0 Å². The second-order valence-corrected chi connectivity index (χ2v) is 4.99. The van der Waals surface area contributed by atoms with E-state index in [-0.39, 0.29) is 0 Å². The van der Waals surface area contributed by atoms with Gasteiger partial charge in [0.15, 0.2) is 11.5 Å². The summed E-state index contributed by atoms with van der Waals surface area (Å²) in [7, 11) is 0. The highest BCUT2D eigenvalue weighted by atomic mass is 16.7. The van der Waals surface area contributed by atoms with Crippen molar-refractivity contribution in [2.24, 2.45) is 5.92 Å². The first-order valence-corrected chi connectivity index (χ1v) is 6.43. The SMILES string of the molecule is Cc1ccc2c(c1CC1CCNCC1)OCO2. The average Bonchev–Trinajstić information content (AvgIpc) is 2.83. The molecular formula is C14H19NO2. The van der Waals surface area contributed by atoms with Gasteiger partial charge in [-0.25, -0.2) is 0 Å². The Morgan fingerprint density at radius 2 is 2.06 bits per heavy atom. The van der Waals surface area contributed by atoms with Gasteiger partial charge in [0, 0.05) is 5.56 Å². The van der Waals surface area contributed by atoms with Crippen LogP contribution in [-0.2, 0) is 6.42 Å². The molecule has 0 saturated carbocycles. The summed E-state index contributed by atoms with van der Waals surface area (Å²) in [5.41, 5.74) is 2.68. The number of aryl methyl sites for hydroxylation is 1. The summed E-state index contributed by atoms with van der Waals surface area (Å²) in [6.45, 7) is 4.84. The third-order valence-electron chi connectivity index (χ3n) is 3.83. The van der Waals surface area contributed by atoms with Gasteiger partial charge >= 0.3 is 0 Å². The minimum atomic E-state index is 0.373. The lowest BCUT2D eigenvalue weighted by atomic mass is 9.89. The Morgan fingerprint density at radius 1 is 1.24 bits per heavy atom. The molecule has 1 N–H and O–H groups in total. The van der Waals surface area contributed by atoms with Crippen LogP contribution in [0.2, 0.25) is 0 Å². The smallest absolute Gasteiger partial charge is 0.231 e. The molecule has 1 saturated heterocycles. The van der Waals surface area contributed by atoms with Gasteiger partial charge in [0.25, 0.3) is 0 Å². The van der Waals surface area contributed by atoms with Crippen molar-refractivity contribution in [2.75, 3.05) is 19.9 Å². The highest BCUT2D eigenvalue weighted by Crippen LogP contribution is 2.39. The zero-order chi connectivity index (χ0) is 11.7. The Hall–Kier alpha value is -1.22. The summed E-state index contributed by atoms with van der Waals surface area (Å²) in [6.07, 6.45) is 3.66. The largest absolute Gasteiger partial charge is 0.454 e. The van der Waals surface area contributed by atoms with E-state index in [1.165, 1.54) is 24.0 Å². The summed E-state index contributed by atoms with van der Waals surface area (Å²) < 4.78 is 11.1. The van der Waals surface area contributed by atoms with E-state index in [1.54, 1.807) is 0 Å². The fourth-order valence-corrected chi connectivity index (χ4v) is 2.76. The van der Waals surface area contributed by atoms with Crippen molar-refractivity contribution in [3.8, 4) is 11.5 Å². The summed E-state index contributed by atoms with van der Waals surface area (Å²) >= 11 is 0. The molecule has 0 aromatic heterocycles. The molecule has 0 spiro atoms. The van der Waals surface area contributed by atoms with Crippen LogP contribution in [-0.4, -0.2) is 19.9 Å². The second kappa shape index (κ2) is 4.57. The summed E-state index contributed by atoms with van der Waals surface area (Å²) in [6, 6.07) is 4.16. The van der Waals surface area contributed by atoms with Crippen LogP contribution in [0.4, 0.5) is 0 Å². The predicted molar refractivity (Wildman–Crippen MR) is 66.6 cm³/mol. The molecule has 2 aliphatic rings. The van der Waals surface area contributed by atoms with Gasteiger partial charge in [0.2, 0.25) is 6.79 Å². The number of hydrogen-bond donors (Lipinski definition) is 1. The Morgan fingerprint density at radius 3 is 2.88 bits per heavy atom. The Balaban J connectivity index is 1.84. The van der Waals surface area contributed by atoms with Gasteiger partial charge in [-0.3, -0.25) is 0 Å². The molecule has 0 aliphatic carbocycles. The lowest BCUT2D eigenvalue weighted by Crippen LogP contribution is -2.28. The van der Waals surface area contributed by atoms with E-state index in [0.717, 1.165) is 36.9 Å². The monoisotopic (exact) mass is 233 g/mol. The van der Waals surface area contributed by atoms with Gasteiger partial charge < -0.3 is 14.8 Å². The molecule has 0 radical (unpaired) electrons. The van der Waals surface area contributed by atoms with Crippen LogP contribution >= 0.6 is 0 Å². The average molecular weight is 233 g/mol. The molecular weight excluding hydrogens is 214 g/mol. The van der Waals surface area contributed by atoms with Crippen LogP contribution in [0, 0.1) is 12.8 Å². The molecule has 0 atom stereocenters. The number of nitrogens with one attached hydrogen (secondary N) is 1. The van der Waals surface area contributed by atoms with Gasteiger partial charge in [-0.1, -0.05) is 6.07 Å². The molecule has 3 rings (SSSR count). The molecule has 0 amide bonds. The van der Waals surface area contributed by atoms with Crippen LogP contribution < -0.4 is 14.8 Å². The Bertz CT molecular complexity index is 411. The Kier molecular flexibility index (Phi) is 2.93. The lowest BCUT2D eigenvalue weighted by molar-refractivity contribution is 0.173. The predicted octanol–water partition coefficient (Wildman–Crippen LogP) is 2.27. The molecule has 17 heavy (non-hydrogen) atoms. The van der Waals surface area contributed by atoms with Crippen LogP contribution in [0.3, 0.4) is 0 Å². The maximum absolute atomic E-state index is 5.61. The number of benzene rings is 1. The molecule has 92 valence electrons. The molecule has 0 unspecified atom stereocenters. The van der Waals surface area contributed by atoms with Crippen molar-refractivity contribution < 1.29 is 9.47 Å². The number of ether oxygens (including phenoxy) is 2. The molecule has 2 aliphatic heterocycles. The number of piperidine rings is 1. The molecule has 3 nitrogen and oxygen atoms in total. The van der Waals surface area contributed by atoms with E-state index in [1.807, 2.05) is 6.07 Å². The van der Waals surface area contributed by atoms with E-state index >= 15 is 0 Å². The molecule has 2 heterocycles. The molecule has 0 bridgehead atoms. The van der Waals surface area contributed by atoms with E-state index in [2.05, 4.69) is 18.3 Å². The summed E-state index contributed by atoms with van der Waals surface area (Å²) in [5, 5.41) is 3.41. The van der Waals surface area contributed by atoms with Crippen LogP contribution in [0.5, 0.6) is 11.5 Å². The van der Waals surface area contributed by atoms with Crippen LogP contribution in [0.25, 0.3) is 0 Å². The minimum absolute atomic E-state index is 0.373. The van der Waals surface area contributed by atoms with Crippen LogP contribution in [0.15, 0.2) is 12.1 Å². The summed E-state index contributed by atoms with van der Waals surface area (Å²) in [4.78, 5) is 0. The van der Waals surface area contributed by atoms with E-state index < -0.39 is 0 Å². The van der Waals surface area contributed by atoms with Crippen LogP contribution in [0.1, 0.15) is 24.0 Å². The third kappa shape index (κ3) is 2.12. The number of fused-ring (bicyclic) bond motifs is 1. The van der Waals surface area contributed by atoms with E-state index in [0.29, 0.717) is 6.79 Å². The lowest BCUT2D eigenvalue weighted by Gasteiger charge is -2.23. The maximum Gasteiger partial charge on any atom is 0.231 e. The highest BCUT2D eigenvalue weighted by molar-refractivity contribution is 5.52. The van der Waals surface area contributed by atoms with Gasteiger partial charge in [0.1, 0.15) is 0 Å². The van der Waals surface area contributed by atoms with E-state index in [9.17, 15) is 0 Å². The van der Waals surface area contributed by atoms with Gasteiger partial charge in [-0.15, -0.1) is 0 Å². The van der Waals surface area contributed by atoms with Gasteiger partial charge in [0.05, 0.1) is 0 Å². The maximum atomic E-state index is 5.61. The van der Waals surface area contributed by atoms with Crippen molar-refractivity contribution in [1.82, 2.24) is 5.32 Å². The Labute approximate surface area is 102 Å². The van der Waals surface area contributed by atoms with Crippen molar-refractivity contribution in [3.63, 3.8) is 0 Å². The molecule has 3 heteroatoms. The number of hydrogen-bond acceptors (Lipinski definition) is 3. The van der Waals surface area contributed by atoms with Crippen molar-refractivity contribution in [3.05, 3.63) is 23.3 Å². The number of rotatable bonds is 2. The van der Waals surface area contributed by atoms with Crippen molar-refractivity contribution in [2.45, 2.75) is 26.2 Å². The third-order valence-corrected chi connectivity index (χ3v) is 3.83. The molecule has 1 fully saturated rings. The normalized spacial score (nSPS) is 19.6. The molecule has 1 aromatic carbocycles. The minimum Gasteiger partial charge on any atom is -0.454 e. The first-order valence-electron chi connectivity index (χ1n) is 6.43. The molecule has 1 aromatic rings. The zero-order valence-corrected chi connectivity index (χ0v) is 10.3. The highest BCUT2D eigenvalue weighted by Gasteiger charge is 2.22. The fraction of sp³-hybridized carbons (Fsp3) is 0.571. The second-order valence-electron chi connectivity index (χ2n) is 4.99. The summed E-state index contributed by atoms with van der Waals surface area (Å²) in [5.74, 6) is 2.69.